The zero-order valence-electron chi connectivity index (χ0n) is 24.2. The number of hydrogen-bond acceptors (Lipinski definition) is 10. The Morgan fingerprint density at radius 3 is 2.64 bits per heavy atom. The van der Waals surface area contributed by atoms with Gasteiger partial charge in [-0.05, 0) is 71.7 Å². The molecule has 1 N–H and O–H groups in total. The maximum atomic E-state index is 13.5. The fraction of sp³-hybridized carbons (Fsp3) is 0.258. The normalized spacial score (nSPS) is 11.7. The minimum absolute atomic E-state index is 0.0294. The number of hydrogen-bond donors (Lipinski definition) is 1. The molecule has 0 radical (unpaired) electrons. The van der Waals surface area contributed by atoms with E-state index in [1.807, 2.05) is 35.7 Å². The minimum atomic E-state index is -3.16. The van der Waals surface area contributed by atoms with E-state index in [1.54, 1.807) is 33.1 Å². The van der Waals surface area contributed by atoms with E-state index >= 15 is 0 Å². The maximum Gasteiger partial charge on any atom is 0.154 e. The van der Waals surface area contributed by atoms with Gasteiger partial charge in [0.05, 0.1) is 47.0 Å². The largest absolute Gasteiger partial charge is 0.496 e. The van der Waals surface area contributed by atoms with Gasteiger partial charge in [-0.2, -0.15) is 0 Å². The number of methoxy groups -OCH3 is 1. The van der Waals surface area contributed by atoms with E-state index in [-0.39, 0.29) is 31.4 Å². The molecule has 0 fully saturated rings. The predicted octanol–water partition coefficient (Wildman–Crippen LogP) is 7.33. The number of sulfone groups is 1. The molecule has 44 heavy (non-hydrogen) atoms. The van der Waals surface area contributed by atoms with Crippen LogP contribution in [0.3, 0.4) is 0 Å². The topological polar surface area (TPSA) is 113 Å². The summed E-state index contributed by atoms with van der Waals surface area (Å²) in [6.45, 7) is 3.87. The van der Waals surface area contributed by atoms with E-state index in [1.165, 1.54) is 29.8 Å². The number of thiazole rings is 1. The summed E-state index contributed by atoms with van der Waals surface area (Å²) in [7, 11) is -1.57. The third-order valence-electron chi connectivity index (χ3n) is 6.72. The summed E-state index contributed by atoms with van der Waals surface area (Å²) >= 11 is 4.99. The molecule has 5 rings (SSSR count). The van der Waals surface area contributed by atoms with Crippen LogP contribution in [0.4, 0.5) is 15.9 Å². The van der Waals surface area contributed by atoms with Crippen LogP contribution < -0.4 is 14.8 Å². The Kier molecular flexibility index (Phi) is 10.1. The van der Waals surface area contributed by atoms with Crippen LogP contribution in [0.1, 0.15) is 24.4 Å². The third kappa shape index (κ3) is 7.70. The number of nitrogens with one attached hydrogen (secondary N) is 1. The molecule has 2 heterocycles. The second-order valence-electron chi connectivity index (χ2n) is 10.1. The van der Waals surface area contributed by atoms with Crippen molar-refractivity contribution in [2.45, 2.75) is 32.3 Å². The van der Waals surface area contributed by atoms with Crippen molar-refractivity contribution >= 4 is 59.5 Å². The Morgan fingerprint density at radius 1 is 1.05 bits per heavy atom. The first kappa shape index (κ1) is 31.8. The van der Waals surface area contributed by atoms with Crippen molar-refractivity contribution in [3.05, 3.63) is 87.2 Å². The van der Waals surface area contributed by atoms with E-state index in [0.717, 1.165) is 31.7 Å². The van der Waals surface area contributed by atoms with Gasteiger partial charge in [-0.15, -0.1) is 11.3 Å². The Morgan fingerprint density at radius 2 is 1.89 bits per heavy atom. The zero-order chi connectivity index (χ0) is 31.3. The summed E-state index contributed by atoms with van der Waals surface area (Å²) in [5.74, 6) is 1.47. The lowest BCUT2D eigenvalue weighted by Gasteiger charge is -2.13. The fourth-order valence-corrected chi connectivity index (χ4v) is 6.29. The first-order valence-corrected chi connectivity index (χ1v) is 17.0. The van der Waals surface area contributed by atoms with E-state index < -0.39 is 15.1 Å². The molecule has 0 aliphatic heterocycles. The van der Waals surface area contributed by atoms with Gasteiger partial charge in [0, 0.05) is 28.1 Å². The number of fused-ring (bicyclic) bond motifs is 1. The summed E-state index contributed by atoms with van der Waals surface area (Å²) < 4.78 is 55.4. The molecule has 0 saturated carbocycles. The van der Waals surface area contributed by atoms with Crippen molar-refractivity contribution < 1.29 is 27.0 Å². The number of benzene rings is 3. The first-order valence-electron chi connectivity index (χ1n) is 13.6. The zero-order valence-corrected chi connectivity index (χ0v) is 27.4. The summed E-state index contributed by atoms with van der Waals surface area (Å²) in [5.41, 5.74) is 3.63. The molecule has 0 unspecified atom stereocenters. The molecular weight excluding hydrogens is 671 g/mol. The molecule has 0 saturated heterocycles. The van der Waals surface area contributed by atoms with Crippen molar-refractivity contribution in [1.29, 1.82) is 0 Å². The number of nitrogens with zero attached hydrogens (tertiary/aromatic N) is 3. The third-order valence-corrected chi connectivity index (χ3v) is 10.3. The lowest BCUT2D eigenvalue weighted by molar-refractivity contribution is 0.135. The van der Waals surface area contributed by atoms with Crippen LogP contribution >= 0.6 is 27.3 Å². The van der Waals surface area contributed by atoms with Crippen molar-refractivity contribution in [2.24, 2.45) is 0 Å². The lowest BCUT2D eigenvalue weighted by atomic mass is 10.1. The van der Waals surface area contributed by atoms with Crippen molar-refractivity contribution in [3.8, 4) is 22.8 Å². The van der Waals surface area contributed by atoms with E-state index in [0.29, 0.717) is 28.5 Å². The van der Waals surface area contributed by atoms with Gasteiger partial charge in [-0.3, -0.25) is 0 Å². The van der Waals surface area contributed by atoms with Gasteiger partial charge in [0.25, 0.3) is 0 Å². The monoisotopic (exact) mass is 700 g/mol. The standard InChI is InChI=1S/C31H30BrFN4O5S2/c1-19(2)44(38,39)10-9-41-16-30-37-27(17-43-30)23-13-24-26(14-29(23)40-3)34-18-35-31(24)36-22-7-8-28(25(32)12-22)42-15-20-5-4-6-21(33)11-20/h4-8,11-14,17-19H,9-10,15-16H2,1-3H3,(H,34,35,36). The highest BCUT2D eigenvalue weighted by molar-refractivity contribution is 9.10. The second-order valence-corrected chi connectivity index (χ2v) is 14.5. The molecule has 0 aliphatic carbocycles. The highest BCUT2D eigenvalue weighted by atomic mass is 79.9. The van der Waals surface area contributed by atoms with Gasteiger partial charge in [0.2, 0.25) is 0 Å². The van der Waals surface area contributed by atoms with Crippen molar-refractivity contribution in [3.63, 3.8) is 0 Å². The van der Waals surface area contributed by atoms with Gasteiger partial charge in [0.1, 0.15) is 41.1 Å². The Labute approximate surface area is 267 Å². The molecule has 0 spiro atoms. The average Bonchev–Trinajstić information content (AvgIpc) is 3.47. The van der Waals surface area contributed by atoms with Crippen LogP contribution in [-0.4, -0.2) is 48.1 Å². The van der Waals surface area contributed by atoms with Crippen LogP contribution in [-0.2, 0) is 27.8 Å². The molecule has 0 amide bonds. The second kappa shape index (κ2) is 14.0. The molecule has 2 aromatic heterocycles. The van der Waals surface area contributed by atoms with Crippen molar-refractivity contribution in [2.75, 3.05) is 24.8 Å². The number of ether oxygens (including phenoxy) is 3. The Hall–Kier alpha value is -3.65. The smallest absolute Gasteiger partial charge is 0.154 e. The lowest BCUT2D eigenvalue weighted by Crippen LogP contribution is -2.20. The first-order chi connectivity index (χ1) is 21.1. The molecule has 0 atom stereocenters. The Bertz CT molecular complexity index is 1880. The average molecular weight is 702 g/mol. The van der Waals surface area contributed by atoms with E-state index in [2.05, 4.69) is 31.2 Å². The van der Waals surface area contributed by atoms with Gasteiger partial charge in [0.15, 0.2) is 9.84 Å². The quantitative estimate of drug-likeness (QED) is 0.126. The summed E-state index contributed by atoms with van der Waals surface area (Å²) in [4.78, 5) is 13.6. The molecule has 3 aromatic carbocycles. The predicted molar refractivity (Wildman–Crippen MR) is 174 cm³/mol. The van der Waals surface area contributed by atoms with Gasteiger partial charge >= 0.3 is 0 Å². The van der Waals surface area contributed by atoms with Crippen LogP contribution in [0.25, 0.3) is 22.2 Å². The molecular formula is C31H30BrFN4O5S2. The Balaban J connectivity index is 1.32. The molecule has 0 aliphatic rings. The molecule has 13 heteroatoms. The van der Waals surface area contributed by atoms with Crippen LogP contribution in [0.5, 0.6) is 11.5 Å². The summed E-state index contributed by atoms with van der Waals surface area (Å²) in [6, 6.07) is 15.6. The summed E-state index contributed by atoms with van der Waals surface area (Å²) in [5, 5.41) is 6.31. The van der Waals surface area contributed by atoms with E-state index in [9.17, 15) is 12.8 Å². The number of rotatable bonds is 13. The number of anilines is 2. The molecule has 5 aromatic rings. The van der Waals surface area contributed by atoms with Crippen LogP contribution in [0.15, 0.2) is 70.8 Å². The SMILES string of the molecule is COc1cc2ncnc(Nc3ccc(OCc4cccc(F)c4)c(Br)c3)c2cc1-c1csc(COCCS(=O)(=O)C(C)C)n1. The summed E-state index contributed by atoms with van der Waals surface area (Å²) in [6.07, 6.45) is 1.48. The van der Waals surface area contributed by atoms with Gasteiger partial charge in [-0.1, -0.05) is 12.1 Å². The molecule has 230 valence electrons. The number of aromatic nitrogens is 3. The minimum Gasteiger partial charge on any atom is -0.496 e. The fourth-order valence-electron chi connectivity index (χ4n) is 4.24. The molecule has 9 nitrogen and oxygen atoms in total. The van der Waals surface area contributed by atoms with Crippen LogP contribution in [0, 0.1) is 5.82 Å². The van der Waals surface area contributed by atoms with E-state index in [4.69, 9.17) is 19.2 Å². The number of halogens is 2. The maximum absolute atomic E-state index is 13.5. The highest BCUT2D eigenvalue weighted by Gasteiger charge is 2.17. The highest BCUT2D eigenvalue weighted by Crippen LogP contribution is 2.37. The van der Waals surface area contributed by atoms with Crippen LogP contribution in [0.2, 0.25) is 0 Å². The molecule has 0 bridgehead atoms. The van der Waals surface area contributed by atoms with Gasteiger partial charge < -0.3 is 19.5 Å². The van der Waals surface area contributed by atoms with Crippen molar-refractivity contribution in [1.82, 2.24) is 15.0 Å². The van der Waals surface area contributed by atoms with Gasteiger partial charge in [-0.25, -0.2) is 27.8 Å².